The Morgan fingerprint density at radius 3 is 2.34 bits per heavy atom. The van der Waals surface area contributed by atoms with Gasteiger partial charge < -0.3 is 24.8 Å². The molecule has 9 nitrogen and oxygen atoms in total. The molecule has 0 aromatic heterocycles. The Bertz CT molecular complexity index is 1250. The second kappa shape index (κ2) is 12.3. The van der Waals surface area contributed by atoms with Crippen molar-refractivity contribution < 1.29 is 28.6 Å². The zero-order valence-electron chi connectivity index (χ0n) is 25.2. The van der Waals surface area contributed by atoms with Crippen molar-refractivity contribution in [3.8, 4) is 0 Å². The number of carbonyl (C=O) groups excluding carboxylic acids is 3. The van der Waals surface area contributed by atoms with Crippen LogP contribution in [0.25, 0.3) is 10.8 Å². The number of likely N-dealkylation sites (tertiary alicyclic amines) is 1. The molecule has 1 aliphatic heterocycles. The van der Waals surface area contributed by atoms with Gasteiger partial charge in [0, 0.05) is 25.0 Å². The molecule has 0 spiro atoms. The minimum Gasteiger partial charge on any atom is -0.448 e. The van der Waals surface area contributed by atoms with Gasteiger partial charge in [-0.25, -0.2) is 14.4 Å². The number of unbranched alkanes of at least 4 members (excludes halogenated alkanes) is 1. The molecule has 9 heteroatoms. The highest BCUT2D eigenvalue weighted by Crippen LogP contribution is 2.59. The Hall–Kier alpha value is -3.33. The van der Waals surface area contributed by atoms with E-state index in [1.165, 1.54) is 16.3 Å². The number of alkyl carbamates (subject to hydrolysis) is 2. The van der Waals surface area contributed by atoms with E-state index in [1.807, 2.05) is 0 Å². The molecule has 4 rings (SSSR count). The number of nitrogens with zero attached hydrogens (tertiary/aromatic N) is 1. The summed E-state index contributed by atoms with van der Waals surface area (Å²) in [4.78, 5) is 39.6. The first kappa shape index (κ1) is 30.6. The van der Waals surface area contributed by atoms with E-state index >= 15 is 0 Å². The summed E-state index contributed by atoms with van der Waals surface area (Å²) in [5, 5.41) is 7.87. The highest BCUT2D eigenvalue weighted by atomic mass is 16.6. The monoisotopic (exact) mass is 567 g/mol. The lowest BCUT2D eigenvalue weighted by Crippen LogP contribution is -2.45. The van der Waals surface area contributed by atoms with E-state index in [0.29, 0.717) is 31.7 Å². The molecule has 2 aromatic rings. The van der Waals surface area contributed by atoms with Crippen LogP contribution in [-0.4, -0.2) is 66.7 Å². The van der Waals surface area contributed by atoms with Crippen molar-refractivity contribution in [3.05, 3.63) is 48.0 Å². The number of hydrogen-bond donors (Lipinski definition) is 2. The molecule has 2 N–H and O–H groups in total. The van der Waals surface area contributed by atoms with Gasteiger partial charge in [0.1, 0.15) is 24.0 Å². The van der Waals surface area contributed by atoms with Gasteiger partial charge in [0.05, 0.1) is 0 Å². The molecule has 224 valence electrons. The third-order valence-electron chi connectivity index (χ3n) is 7.49. The van der Waals surface area contributed by atoms with Crippen LogP contribution < -0.4 is 10.6 Å². The van der Waals surface area contributed by atoms with Crippen LogP contribution in [0.5, 0.6) is 0 Å². The standard InChI is InChI=1S/C32H45N3O6/c1-30(2,3)40-28(37)33-16-10-9-13-26(34-29(38)41-31(4,5)6)27(36)39-21-35-19-25-18-32(25,20-35)24-15-14-22-11-7-8-12-23(22)17-24/h7-8,11-12,14-15,17,25-26H,9-10,13,16,18-21H2,1-6H3,(H,33,37)(H,34,38)/t25-,26-,32+/m1/s1. The largest absolute Gasteiger partial charge is 0.448 e. The number of piperidine rings is 1. The Morgan fingerprint density at radius 2 is 1.63 bits per heavy atom. The van der Waals surface area contributed by atoms with Gasteiger partial charge in [0.25, 0.3) is 0 Å². The summed E-state index contributed by atoms with van der Waals surface area (Å²) in [5.41, 5.74) is 0.204. The first-order valence-electron chi connectivity index (χ1n) is 14.6. The minimum atomic E-state index is -0.849. The third-order valence-corrected chi connectivity index (χ3v) is 7.49. The van der Waals surface area contributed by atoms with E-state index in [9.17, 15) is 14.4 Å². The Kier molecular flexibility index (Phi) is 9.16. The average Bonchev–Trinajstić information content (AvgIpc) is 3.44. The highest BCUT2D eigenvalue weighted by molar-refractivity contribution is 5.83. The number of hydrogen-bond acceptors (Lipinski definition) is 7. The maximum absolute atomic E-state index is 13.1. The van der Waals surface area contributed by atoms with Gasteiger partial charge in [0.15, 0.2) is 0 Å². The van der Waals surface area contributed by atoms with Crippen molar-refractivity contribution in [2.24, 2.45) is 5.92 Å². The molecule has 2 aliphatic rings. The van der Waals surface area contributed by atoms with Crippen LogP contribution in [-0.2, 0) is 24.4 Å². The molecular weight excluding hydrogens is 522 g/mol. The van der Waals surface area contributed by atoms with Crippen molar-refractivity contribution in [1.82, 2.24) is 15.5 Å². The second-order valence-electron chi connectivity index (χ2n) is 13.3. The quantitative estimate of drug-likeness (QED) is 0.222. The zero-order chi connectivity index (χ0) is 29.8. The molecule has 0 bridgehead atoms. The van der Waals surface area contributed by atoms with Gasteiger partial charge in [-0.05, 0) is 89.5 Å². The van der Waals surface area contributed by atoms with E-state index in [-0.39, 0.29) is 12.1 Å². The zero-order valence-corrected chi connectivity index (χ0v) is 25.2. The number of carbonyl (C=O) groups is 3. The topological polar surface area (TPSA) is 106 Å². The number of amides is 2. The molecule has 0 radical (unpaired) electrons. The van der Waals surface area contributed by atoms with E-state index in [2.05, 4.69) is 58.0 Å². The maximum Gasteiger partial charge on any atom is 0.408 e. The van der Waals surface area contributed by atoms with Gasteiger partial charge >= 0.3 is 18.2 Å². The lowest BCUT2D eigenvalue weighted by atomic mass is 9.93. The number of esters is 1. The molecule has 1 heterocycles. The van der Waals surface area contributed by atoms with Crippen molar-refractivity contribution >= 4 is 28.9 Å². The molecule has 2 aromatic carbocycles. The SMILES string of the molecule is CC(C)(C)OC(=O)NCCCC[C@@H](NC(=O)OC(C)(C)C)C(=O)OCN1C[C@H]2C[C@@]2(c2ccc3ccccc3c2)C1. The number of fused-ring (bicyclic) bond motifs is 2. The van der Waals surface area contributed by atoms with Gasteiger partial charge in [-0.2, -0.15) is 0 Å². The Morgan fingerprint density at radius 1 is 0.951 bits per heavy atom. The van der Waals surface area contributed by atoms with Crippen LogP contribution in [0.3, 0.4) is 0 Å². The summed E-state index contributed by atoms with van der Waals surface area (Å²) in [7, 11) is 0. The molecular formula is C32H45N3O6. The maximum atomic E-state index is 13.1. The van der Waals surface area contributed by atoms with Gasteiger partial charge in [0.2, 0.25) is 0 Å². The van der Waals surface area contributed by atoms with Crippen molar-refractivity contribution in [2.75, 3.05) is 26.4 Å². The van der Waals surface area contributed by atoms with Gasteiger partial charge in [-0.1, -0.05) is 42.5 Å². The number of rotatable bonds is 10. The lowest BCUT2D eigenvalue weighted by Gasteiger charge is -2.25. The third kappa shape index (κ3) is 8.58. The van der Waals surface area contributed by atoms with Crippen molar-refractivity contribution in [3.63, 3.8) is 0 Å². The summed E-state index contributed by atoms with van der Waals surface area (Å²) in [6.07, 6.45) is 1.56. The van der Waals surface area contributed by atoms with E-state index in [4.69, 9.17) is 14.2 Å². The molecule has 0 unspecified atom stereocenters. The van der Waals surface area contributed by atoms with E-state index < -0.39 is 35.4 Å². The van der Waals surface area contributed by atoms with Gasteiger partial charge in [-0.15, -0.1) is 0 Å². The highest BCUT2D eigenvalue weighted by Gasteiger charge is 2.60. The van der Waals surface area contributed by atoms with Crippen LogP contribution in [0.4, 0.5) is 9.59 Å². The summed E-state index contributed by atoms with van der Waals surface area (Å²) in [6.45, 7) is 13.0. The first-order valence-corrected chi connectivity index (χ1v) is 14.6. The summed E-state index contributed by atoms with van der Waals surface area (Å²) >= 11 is 0. The van der Waals surface area contributed by atoms with Crippen LogP contribution >= 0.6 is 0 Å². The molecule has 1 aliphatic carbocycles. The summed E-state index contributed by atoms with van der Waals surface area (Å²) < 4.78 is 16.3. The molecule has 3 atom stereocenters. The predicted octanol–water partition coefficient (Wildman–Crippen LogP) is 5.50. The number of nitrogens with one attached hydrogen (secondary N) is 2. The van der Waals surface area contributed by atoms with Crippen LogP contribution in [0.1, 0.15) is 72.8 Å². The van der Waals surface area contributed by atoms with Gasteiger partial charge in [-0.3, -0.25) is 4.90 Å². The molecule has 41 heavy (non-hydrogen) atoms. The fraction of sp³-hybridized carbons (Fsp3) is 0.594. The fourth-order valence-corrected chi connectivity index (χ4v) is 5.56. The van der Waals surface area contributed by atoms with Crippen LogP contribution in [0.2, 0.25) is 0 Å². The van der Waals surface area contributed by atoms with Crippen LogP contribution in [0, 0.1) is 5.92 Å². The van der Waals surface area contributed by atoms with E-state index in [1.54, 1.807) is 41.5 Å². The average molecular weight is 568 g/mol. The van der Waals surface area contributed by atoms with E-state index in [0.717, 1.165) is 19.5 Å². The fourth-order valence-electron chi connectivity index (χ4n) is 5.56. The molecule has 2 fully saturated rings. The number of benzene rings is 2. The van der Waals surface area contributed by atoms with Crippen molar-refractivity contribution in [2.45, 2.75) is 89.9 Å². The lowest BCUT2D eigenvalue weighted by molar-refractivity contribution is -0.151. The summed E-state index contributed by atoms with van der Waals surface area (Å²) in [6, 6.07) is 14.3. The summed E-state index contributed by atoms with van der Waals surface area (Å²) in [5.74, 6) is 0.0619. The van der Waals surface area contributed by atoms with Crippen molar-refractivity contribution in [1.29, 1.82) is 0 Å². The Labute approximate surface area is 243 Å². The number of ether oxygens (including phenoxy) is 3. The first-order chi connectivity index (χ1) is 19.2. The van der Waals surface area contributed by atoms with Crippen LogP contribution in [0.15, 0.2) is 42.5 Å². The normalized spacial score (nSPS) is 21.1. The predicted molar refractivity (Wildman–Crippen MR) is 158 cm³/mol. The molecule has 1 saturated carbocycles. The second-order valence-corrected chi connectivity index (χ2v) is 13.3. The minimum absolute atomic E-state index is 0.117. The Balaban J connectivity index is 1.28. The molecule has 2 amide bonds. The smallest absolute Gasteiger partial charge is 0.408 e. The molecule has 1 saturated heterocycles.